The number of aromatic nitrogens is 1. The second-order valence-electron chi connectivity index (χ2n) is 7.52. The molecule has 0 radical (unpaired) electrons. The Morgan fingerprint density at radius 3 is 2.83 bits per heavy atom. The Morgan fingerprint density at radius 2 is 2.00 bits per heavy atom. The summed E-state index contributed by atoms with van der Waals surface area (Å²) in [5, 5.41) is 0.697. The number of anilines is 1. The van der Waals surface area contributed by atoms with Crippen molar-refractivity contribution in [2.24, 2.45) is 0 Å². The number of fused-ring (bicyclic) bond motifs is 2. The number of thiazole rings is 1. The molecule has 150 valence electrons. The molecule has 1 amide bonds. The number of nitrogens with zero attached hydrogens (tertiary/aromatic N) is 2. The van der Waals surface area contributed by atoms with Gasteiger partial charge < -0.3 is 14.2 Å². The van der Waals surface area contributed by atoms with E-state index in [1.165, 1.54) is 11.1 Å². The highest BCUT2D eigenvalue weighted by atomic mass is 32.1. The minimum Gasteiger partial charge on any atom is -0.454 e. The number of aryl methyl sites for hydroxylation is 2. The Morgan fingerprint density at radius 1 is 1.17 bits per heavy atom. The van der Waals surface area contributed by atoms with Gasteiger partial charge in [-0.05, 0) is 68.1 Å². The number of carbonyl (C=O) groups is 1. The van der Waals surface area contributed by atoms with Crippen LogP contribution in [0.4, 0.5) is 5.13 Å². The van der Waals surface area contributed by atoms with Crippen LogP contribution in [0.5, 0.6) is 11.5 Å². The molecule has 1 fully saturated rings. The summed E-state index contributed by atoms with van der Waals surface area (Å²) in [7, 11) is 0. The second-order valence-corrected chi connectivity index (χ2v) is 8.53. The summed E-state index contributed by atoms with van der Waals surface area (Å²) in [6, 6.07) is 9.53. The van der Waals surface area contributed by atoms with Gasteiger partial charge >= 0.3 is 0 Å². The molecule has 0 bridgehead atoms. The fourth-order valence-electron chi connectivity index (χ4n) is 3.71. The lowest BCUT2D eigenvalue weighted by atomic mass is 10.1. The van der Waals surface area contributed by atoms with E-state index in [9.17, 15) is 4.79 Å². The van der Waals surface area contributed by atoms with Crippen molar-refractivity contribution in [2.75, 3.05) is 24.8 Å². The highest BCUT2D eigenvalue weighted by Gasteiger charge is 2.28. The van der Waals surface area contributed by atoms with Crippen molar-refractivity contribution in [3.05, 3.63) is 47.0 Å². The van der Waals surface area contributed by atoms with Crippen molar-refractivity contribution in [3.8, 4) is 11.5 Å². The first-order valence-corrected chi connectivity index (χ1v) is 10.6. The van der Waals surface area contributed by atoms with Gasteiger partial charge in [0.15, 0.2) is 16.6 Å². The van der Waals surface area contributed by atoms with E-state index in [4.69, 9.17) is 19.2 Å². The molecule has 2 aliphatic heterocycles. The van der Waals surface area contributed by atoms with Gasteiger partial charge in [-0.25, -0.2) is 4.98 Å². The molecular weight excluding hydrogens is 388 g/mol. The maximum absolute atomic E-state index is 13.5. The summed E-state index contributed by atoms with van der Waals surface area (Å²) in [4.78, 5) is 20.0. The predicted octanol–water partition coefficient (Wildman–Crippen LogP) is 4.47. The number of carbonyl (C=O) groups excluding carboxylic acids is 1. The zero-order valence-electron chi connectivity index (χ0n) is 16.4. The molecule has 29 heavy (non-hydrogen) atoms. The van der Waals surface area contributed by atoms with E-state index < -0.39 is 0 Å². The van der Waals surface area contributed by atoms with Gasteiger partial charge in [-0.3, -0.25) is 9.69 Å². The van der Waals surface area contributed by atoms with Gasteiger partial charge in [0.1, 0.15) is 0 Å². The van der Waals surface area contributed by atoms with Crippen LogP contribution in [0.1, 0.15) is 34.3 Å². The van der Waals surface area contributed by atoms with Crippen molar-refractivity contribution < 1.29 is 19.0 Å². The zero-order chi connectivity index (χ0) is 20.0. The van der Waals surface area contributed by atoms with Crippen molar-refractivity contribution in [1.29, 1.82) is 0 Å². The average Bonchev–Trinajstić information content (AvgIpc) is 3.46. The van der Waals surface area contributed by atoms with Gasteiger partial charge in [0, 0.05) is 12.2 Å². The van der Waals surface area contributed by atoms with E-state index in [1.54, 1.807) is 34.4 Å². The minimum atomic E-state index is -0.105. The maximum atomic E-state index is 13.5. The van der Waals surface area contributed by atoms with Crippen molar-refractivity contribution in [1.82, 2.24) is 4.98 Å². The van der Waals surface area contributed by atoms with Crippen LogP contribution in [0, 0.1) is 13.8 Å². The molecule has 1 saturated heterocycles. The average molecular weight is 410 g/mol. The first-order valence-electron chi connectivity index (χ1n) is 9.79. The molecule has 0 spiro atoms. The number of hydrogen-bond acceptors (Lipinski definition) is 6. The van der Waals surface area contributed by atoms with Crippen molar-refractivity contribution in [3.63, 3.8) is 0 Å². The van der Waals surface area contributed by atoms with Gasteiger partial charge in [0.05, 0.1) is 22.9 Å². The van der Waals surface area contributed by atoms with Crippen LogP contribution in [-0.4, -0.2) is 36.9 Å². The van der Waals surface area contributed by atoms with E-state index in [-0.39, 0.29) is 18.8 Å². The highest BCUT2D eigenvalue weighted by Crippen LogP contribution is 2.35. The largest absolute Gasteiger partial charge is 0.454 e. The summed E-state index contributed by atoms with van der Waals surface area (Å²) in [6.07, 6.45) is 2.01. The first kappa shape index (κ1) is 18.4. The molecule has 5 rings (SSSR count). The molecule has 7 heteroatoms. The summed E-state index contributed by atoms with van der Waals surface area (Å²) >= 11 is 1.54. The third-order valence-electron chi connectivity index (χ3n) is 5.50. The van der Waals surface area contributed by atoms with Gasteiger partial charge in [-0.1, -0.05) is 11.3 Å². The third-order valence-corrected chi connectivity index (χ3v) is 6.54. The number of benzene rings is 2. The standard InChI is InChI=1S/C22H22N2O4S/c1-13-8-17-20(9-14(13)2)29-22(23-17)24(11-16-4-3-7-26-16)21(25)15-5-6-18-19(10-15)28-12-27-18/h5-6,8-10,16H,3-4,7,11-12H2,1-2H3. The Balaban J connectivity index is 1.53. The van der Waals surface area contributed by atoms with Gasteiger partial charge in [-0.2, -0.15) is 0 Å². The normalized spacial score (nSPS) is 17.8. The Labute approximate surface area is 173 Å². The predicted molar refractivity (Wildman–Crippen MR) is 112 cm³/mol. The molecule has 1 aromatic heterocycles. The molecule has 1 unspecified atom stereocenters. The lowest BCUT2D eigenvalue weighted by molar-refractivity contribution is 0.0917. The quantitative estimate of drug-likeness (QED) is 0.635. The van der Waals surface area contributed by atoms with Gasteiger partial charge in [0.25, 0.3) is 5.91 Å². The Bertz CT molecular complexity index is 1050. The SMILES string of the molecule is Cc1cc2nc(N(CC3CCCO3)C(=O)c3ccc4c(c3)OCO4)sc2cc1C. The fourth-order valence-corrected chi connectivity index (χ4v) is 4.76. The molecule has 3 aromatic rings. The van der Waals surface area contributed by atoms with E-state index in [0.29, 0.717) is 28.7 Å². The first-order chi connectivity index (χ1) is 14.1. The molecule has 2 aliphatic rings. The van der Waals surface area contributed by atoms with E-state index in [2.05, 4.69) is 26.0 Å². The lowest BCUT2D eigenvalue weighted by Gasteiger charge is -2.23. The van der Waals surface area contributed by atoms with Crippen LogP contribution >= 0.6 is 11.3 Å². The molecule has 0 N–H and O–H groups in total. The summed E-state index contributed by atoms with van der Waals surface area (Å²) in [5.74, 6) is 1.16. The monoisotopic (exact) mass is 410 g/mol. The van der Waals surface area contributed by atoms with E-state index >= 15 is 0 Å². The van der Waals surface area contributed by atoms with E-state index in [0.717, 1.165) is 29.7 Å². The summed E-state index contributed by atoms with van der Waals surface area (Å²) in [5.41, 5.74) is 3.89. The molecule has 1 atom stereocenters. The van der Waals surface area contributed by atoms with Crippen LogP contribution in [0.3, 0.4) is 0 Å². The van der Waals surface area contributed by atoms with Crippen molar-refractivity contribution in [2.45, 2.75) is 32.8 Å². The second kappa shape index (κ2) is 7.31. The van der Waals surface area contributed by atoms with Crippen LogP contribution in [0.15, 0.2) is 30.3 Å². The number of rotatable bonds is 4. The van der Waals surface area contributed by atoms with Crippen LogP contribution < -0.4 is 14.4 Å². The molecular formula is C22H22N2O4S. The maximum Gasteiger partial charge on any atom is 0.260 e. The lowest BCUT2D eigenvalue weighted by Crippen LogP contribution is -2.37. The zero-order valence-corrected chi connectivity index (χ0v) is 17.3. The summed E-state index contributed by atoms with van der Waals surface area (Å²) in [6.45, 7) is 5.59. The van der Waals surface area contributed by atoms with Crippen LogP contribution in [0.2, 0.25) is 0 Å². The smallest absolute Gasteiger partial charge is 0.260 e. The number of amides is 1. The number of hydrogen-bond donors (Lipinski definition) is 0. The van der Waals surface area contributed by atoms with Gasteiger partial charge in [0.2, 0.25) is 6.79 Å². The van der Waals surface area contributed by atoms with E-state index in [1.807, 2.05) is 0 Å². The molecule has 2 aromatic carbocycles. The minimum absolute atomic E-state index is 0.0310. The molecule has 0 saturated carbocycles. The third kappa shape index (κ3) is 3.45. The van der Waals surface area contributed by atoms with Crippen LogP contribution in [-0.2, 0) is 4.74 Å². The highest BCUT2D eigenvalue weighted by molar-refractivity contribution is 7.22. The Hall–Kier alpha value is -2.64. The van der Waals surface area contributed by atoms with Crippen LogP contribution in [0.25, 0.3) is 10.2 Å². The van der Waals surface area contributed by atoms with Crippen molar-refractivity contribution >= 4 is 32.6 Å². The molecule has 6 nitrogen and oxygen atoms in total. The summed E-state index contributed by atoms with van der Waals surface area (Å²) < 4.78 is 17.7. The number of ether oxygens (including phenoxy) is 3. The topological polar surface area (TPSA) is 60.9 Å². The Kier molecular flexibility index (Phi) is 4.64. The molecule has 0 aliphatic carbocycles. The fraction of sp³-hybridized carbons (Fsp3) is 0.364. The van der Waals surface area contributed by atoms with Gasteiger partial charge in [-0.15, -0.1) is 0 Å². The molecule has 3 heterocycles.